The lowest BCUT2D eigenvalue weighted by atomic mass is 10.0. The summed E-state index contributed by atoms with van der Waals surface area (Å²) >= 11 is 12.1. The summed E-state index contributed by atoms with van der Waals surface area (Å²) in [5.41, 5.74) is 1.92. The summed E-state index contributed by atoms with van der Waals surface area (Å²) in [5.74, 6) is 0.663. The topological polar surface area (TPSA) is 37.8 Å². The molecule has 0 spiro atoms. The molecule has 1 heterocycles. The number of aromatic nitrogens is 2. The van der Waals surface area contributed by atoms with Crippen LogP contribution in [0.4, 0.5) is 5.82 Å². The predicted octanol–water partition coefficient (Wildman–Crippen LogP) is 4.66. The van der Waals surface area contributed by atoms with E-state index in [2.05, 4.69) is 22.2 Å². The number of nitrogens with one attached hydrogen (secondary N) is 1. The van der Waals surface area contributed by atoms with Gasteiger partial charge in [0.05, 0.1) is 11.7 Å². The SMILES string of the molecule is CCC(Nc1ncnc(C)c1Cl)c1ccc(Cl)cc1. The molecule has 1 N–H and O–H groups in total. The molecule has 1 aromatic carbocycles. The summed E-state index contributed by atoms with van der Waals surface area (Å²) in [6.45, 7) is 3.96. The smallest absolute Gasteiger partial charge is 0.148 e. The van der Waals surface area contributed by atoms with E-state index in [0.717, 1.165) is 22.7 Å². The molecule has 5 heteroatoms. The zero-order valence-electron chi connectivity index (χ0n) is 10.8. The number of nitrogens with zero attached hydrogens (tertiary/aromatic N) is 2. The van der Waals surface area contributed by atoms with Crippen LogP contribution in [-0.4, -0.2) is 9.97 Å². The fourth-order valence-corrected chi connectivity index (χ4v) is 2.12. The summed E-state index contributed by atoms with van der Waals surface area (Å²) in [6, 6.07) is 7.92. The van der Waals surface area contributed by atoms with Crippen LogP contribution in [0.15, 0.2) is 30.6 Å². The van der Waals surface area contributed by atoms with Gasteiger partial charge >= 0.3 is 0 Å². The van der Waals surface area contributed by atoms with Crippen LogP contribution >= 0.6 is 23.2 Å². The summed E-state index contributed by atoms with van der Waals surface area (Å²) in [5, 5.41) is 4.64. The maximum absolute atomic E-state index is 6.20. The molecular weight excluding hydrogens is 281 g/mol. The summed E-state index contributed by atoms with van der Waals surface area (Å²) in [6.07, 6.45) is 2.43. The molecule has 0 bridgehead atoms. The van der Waals surface area contributed by atoms with Crippen molar-refractivity contribution in [2.45, 2.75) is 26.3 Å². The predicted molar refractivity (Wildman–Crippen MR) is 79.9 cm³/mol. The Morgan fingerprint density at radius 1 is 1.16 bits per heavy atom. The fraction of sp³-hybridized carbons (Fsp3) is 0.286. The van der Waals surface area contributed by atoms with Crippen molar-refractivity contribution >= 4 is 29.0 Å². The van der Waals surface area contributed by atoms with Crippen LogP contribution in [0.5, 0.6) is 0 Å². The van der Waals surface area contributed by atoms with Crippen LogP contribution in [0, 0.1) is 6.92 Å². The van der Waals surface area contributed by atoms with Gasteiger partial charge in [-0.05, 0) is 31.0 Å². The number of hydrogen-bond donors (Lipinski definition) is 1. The van der Waals surface area contributed by atoms with E-state index in [4.69, 9.17) is 23.2 Å². The van der Waals surface area contributed by atoms with E-state index in [0.29, 0.717) is 10.8 Å². The standard InChI is InChI=1S/C14H15Cl2N3/c1-3-12(10-4-6-11(15)7-5-10)19-14-13(16)9(2)17-8-18-14/h4-8,12H,3H2,1-2H3,(H,17,18,19). The van der Waals surface area contributed by atoms with Gasteiger partial charge in [0.2, 0.25) is 0 Å². The number of anilines is 1. The molecule has 2 aromatic rings. The first kappa shape index (κ1) is 14.1. The lowest BCUT2D eigenvalue weighted by Gasteiger charge is -2.19. The van der Waals surface area contributed by atoms with Crippen molar-refractivity contribution in [1.29, 1.82) is 0 Å². The monoisotopic (exact) mass is 295 g/mol. The van der Waals surface area contributed by atoms with Crippen LogP contribution < -0.4 is 5.32 Å². The number of benzene rings is 1. The Morgan fingerprint density at radius 3 is 2.47 bits per heavy atom. The highest BCUT2D eigenvalue weighted by Crippen LogP contribution is 2.27. The minimum absolute atomic E-state index is 0.143. The number of halogens is 2. The number of rotatable bonds is 4. The third kappa shape index (κ3) is 3.37. The first-order chi connectivity index (χ1) is 9.11. The molecule has 0 amide bonds. The van der Waals surface area contributed by atoms with Crippen LogP contribution in [0.1, 0.15) is 30.6 Å². The molecule has 0 fully saturated rings. The van der Waals surface area contributed by atoms with Crippen molar-refractivity contribution in [2.24, 2.45) is 0 Å². The van der Waals surface area contributed by atoms with E-state index in [1.807, 2.05) is 31.2 Å². The van der Waals surface area contributed by atoms with Crippen molar-refractivity contribution in [3.63, 3.8) is 0 Å². The second-order valence-electron chi connectivity index (χ2n) is 4.28. The zero-order chi connectivity index (χ0) is 13.8. The van der Waals surface area contributed by atoms with Gasteiger partial charge in [0.15, 0.2) is 0 Å². The molecule has 1 atom stereocenters. The van der Waals surface area contributed by atoms with E-state index < -0.39 is 0 Å². The second kappa shape index (κ2) is 6.22. The largest absolute Gasteiger partial charge is 0.362 e. The molecule has 0 aliphatic heterocycles. The highest BCUT2D eigenvalue weighted by atomic mass is 35.5. The van der Waals surface area contributed by atoms with E-state index in [9.17, 15) is 0 Å². The average molecular weight is 296 g/mol. The quantitative estimate of drug-likeness (QED) is 0.892. The molecular formula is C14H15Cl2N3. The van der Waals surface area contributed by atoms with Crippen LogP contribution in [-0.2, 0) is 0 Å². The zero-order valence-corrected chi connectivity index (χ0v) is 12.3. The Kier molecular flexibility index (Phi) is 4.61. The molecule has 0 saturated carbocycles. The summed E-state index contributed by atoms with van der Waals surface area (Å²) < 4.78 is 0. The molecule has 100 valence electrons. The number of aryl methyl sites for hydroxylation is 1. The Bertz CT molecular complexity index is 555. The Morgan fingerprint density at radius 2 is 1.84 bits per heavy atom. The van der Waals surface area contributed by atoms with E-state index in [1.54, 1.807) is 0 Å². The van der Waals surface area contributed by atoms with Crippen molar-refractivity contribution in [3.05, 3.63) is 51.9 Å². The van der Waals surface area contributed by atoms with Crippen LogP contribution in [0.3, 0.4) is 0 Å². The van der Waals surface area contributed by atoms with Gasteiger partial charge in [-0.3, -0.25) is 0 Å². The van der Waals surface area contributed by atoms with Crippen molar-refractivity contribution < 1.29 is 0 Å². The maximum Gasteiger partial charge on any atom is 0.148 e. The summed E-state index contributed by atoms with van der Waals surface area (Å²) in [4.78, 5) is 8.25. The molecule has 3 nitrogen and oxygen atoms in total. The molecule has 1 aromatic heterocycles. The first-order valence-corrected chi connectivity index (χ1v) is 6.86. The lowest BCUT2D eigenvalue weighted by molar-refractivity contribution is 0.743. The minimum atomic E-state index is 0.143. The summed E-state index contributed by atoms with van der Waals surface area (Å²) in [7, 11) is 0. The average Bonchev–Trinajstić information content (AvgIpc) is 2.42. The first-order valence-electron chi connectivity index (χ1n) is 6.11. The van der Waals surface area contributed by atoms with Crippen LogP contribution in [0.2, 0.25) is 10.0 Å². The van der Waals surface area contributed by atoms with Gasteiger partial charge < -0.3 is 5.32 Å². The Hall–Kier alpha value is -1.32. The van der Waals surface area contributed by atoms with Gasteiger partial charge in [-0.2, -0.15) is 0 Å². The molecule has 19 heavy (non-hydrogen) atoms. The molecule has 0 radical (unpaired) electrons. The van der Waals surface area contributed by atoms with E-state index in [-0.39, 0.29) is 6.04 Å². The molecule has 1 unspecified atom stereocenters. The molecule has 2 rings (SSSR count). The lowest BCUT2D eigenvalue weighted by Crippen LogP contribution is -2.11. The second-order valence-corrected chi connectivity index (χ2v) is 5.09. The van der Waals surface area contributed by atoms with Crippen molar-refractivity contribution in [3.8, 4) is 0 Å². The Balaban J connectivity index is 2.24. The third-order valence-corrected chi connectivity index (χ3v) is 3.66. The van der Waals surface area contributed by atoms with E-state index in [1.165, 1.54) is 6.33 Å². The number of hydrogen-bond acceptors (Lipinski definition) is 3. The van der Waals surface area contributed by atoms with Gasteiger partial charge in [0.25, 0.3) is 0 Å². The normalized spacial score (nSPS) is 12.2. The van der Waals surface area contributed by atoms with Crippen molar-refractivity contribution in [2.75, 3.05) is 5.32 Å². The van der Waals surface area contributed by atoms with E-state index >= 15 is 0 Å². The Labute approximate surface area is 123 Å². The third-order valence-electron chi connectivity index (χ3n) is 2.96. The minimum Gasteiger partial charge on any atom is -0.362 e. The van der Waals surface area contributed by atoms with Gasteiger partial charge in [-0.15, -0.1) is 0 Å². The molecule has 0 saturated heterocycles. The van der Waals surface area contributed by atoms with Gasteiger partial charge in [-0.25, -0.2) is 9.97 Å². The van der Waals surface area contributed by atoms with Crippen LogP contribution in [0.25, 0.3) is 0 Å². The highest BCUT2D eigenvalue weighted by Gasteiger charge is 2.13. The van der Waals surface area contributed by atoms with Gasteiger partial charge in [-0.1, -0.05) is 42.3 Å². The van der Waals surface area contributed by atoms with Crippen molar-refractivity contribution in [1.82, 2.24) is 9.97 Å². The fourth-order valence-electron chi connectivity index (χ4n) is 1.84. The molecule has 0 aliphatic rings. The van der Waals surface area contributed by atoms with Gasteiger partial charge in [0.1, 0.15) is 17.2 Å². The highest BCUT2D eigenvalue weighted by molar-refractivity contribution is 6.33. The molecule has 0 aliphatic carbocycles. The van der Waals surface area contributed by atoms with Gasteiger partial charge in [0, 0.05) is 5.02 Å². The maximum atomic E-state index is 6.20.